The van der Waals surface area contributed by atoms with Crippen LogP contribution in [0, 0.1) is 0 Å². The van der Waals surface area contributed by atoms with Crippen molar-refractivity contribution in [3.8, 4) is 11.5 Å². The smallest absolute Gasteiger partial charge is 0.277 e. The number of aliphatic hydroxyl groups is 1. The van der Waals surface area contributed by atoms with Crippen LogP contribution in [-0.4, -0.2) is 30.4 Å². The molecule has 0 aliphatic heterocycles. The summed E-state index contributed by atoms with van der Waals surface area (Å²) in [6, 6.07) is 5.01. The van der Waals surface area contributed by atoms with E-state index < -0.39 is 0 Å². The Hall–Kier alpha value is -2.08. The van der Waals surface area contributed by atoms with E-state index >= 15 is 0 Å². The van der Waals surface area contributed by atoms with E-state index in [1.54, 1.807) is 18.2 Å². The number of hydrogen-bond donors (Lipinski definition) is 2. The SMILES string of the molecule is CCC(C)=NNC(=O)COc1ccc(CO)cc1OC. The quantitative estimate of drug-likeness (QED) is 0.585. The maximum atomic E-state index is 11.5. The minimum absolute atomic E-state index is 0.0812. The lowest BCUT2D eigenvalue weighted by atomic mass is 10.2. The summed E-state index contributed by atoms with van der Waals surface area (Å²) < 4.78 is 10.5. The van der Waals surface area contributed by atoms with Gasteiger partial charge in [-0.3, -0.25) is 4.79 Å². The first-order chi connectivity index (χ1) is 9.60. The predicted molar refractivity (Wildman–Crippen MR) is 76.0 cm³/mol. The van der Waals surface area contributed by atoms with Gasteiger partial charge in [0.1, 0.15) is 0 Å². The van der Waals surface area contributed by atoms with E-state index in [1.807, 2.05) is 13.8 Å². The molecule has 6 nitrogen and oxygen atoms in total. The molecular formula is C14H20N2O4. The number of hydrazone groups is 1. The monoisotopic (exact) mass is 280 g/mol. The van der Waals surface area contributed by atoms with Crippen molar-refractivity contribution in [3.05, 3.63) is 23.8 Å². The number of benzene rings is 1. The van der Waals surface area contributed by atoms with Crippen LogP contribution in [0.4, 0.5) is 0 Å². The highest BCUT2D eigenvalue weighted by Gasteiger charge is 2.08. The molecule has 0 aliphatic carbocycles. The molecule has 0 aromatic heterocycles. The van der Waals surface area contributed by atoms with Gasteiger partial charge in [0.05, 0.1) is 13.7 Å². The van der Waals surface area contributed by atoms with Crippen LogP contribution in [-0.2, 0) is 11.4 Å². The molecule has 0 radical (unpaired) electrons. The van der Waals surface area contributed by atoms with Crippen LogP contribution in [0.2, 0.25) is 0 Å². The fourth-order valence-electron chi connectivity index (χ4n) is 1.34. The second-order valence-electron chi connectivity index (χ2n) is 4.17. The topological polar surface area (TPSA) is 80.2 Å². The molecule has 1 rings (SSSR count). The van der Waals surface area contributed by atoms with Gasteiger partial charge in [0.25, 0.3) is 5.91 Å². The van der Waals surface area contributed by atoms with Crippen LogP contribution in [0.25, 0.3) is 0 Å². The lowest BCUT2D eigenvalue weighted by Crippen LogP contribution is -2.25. The molecule has 0 unspecified atom stereocenters. The molecule has 110 valence electrons. The summed E-state index contributed by atoms with van der Waals surface area (Å²) in [5, 5.41) is 12.9. The Labute approximate surface area is 118 Å². The molecule has 1 amide bonds. The number of carbonyl (C=O) groups excluding carboxylic acids is 1. The zero-order chi connectivity index (χ0) is 15.0. The third-order valence-electron chi connectivity index (χ3n) is 2.65. The lowest BCUT2D eigenvalue weighted by molar-refractivity contribution is -0.123. The van der Waals surface area contributed by atoms with Gasteiger partial charge in [0, 0.05) is 5.71 Å². The van der Waals surface area contributed by atoms with Crippen molar-refractivity contribution in [2.24, 2.45) is 5.10 Å². The summed E-state index contributed by atoms with van der Waals surface area (Å²) in [6.07, 6.45) is 0.775. The number of aliphatic hydroxyl groups excluding tert-OH is 1. The molecule has 0 fully saturated rings. The van der Waals surface area contributed by atoms with Crippen LogP contribution in [0.3, 0.4) is 0 Å². The Kier molecular flexibility index (Phi) is 6.52. The number of rotatable bonds is 7. The first-order valence-electron chi connectivity index (χ1n) is 6.33. The molecule has 0 heterocycles. The molecule has 2 N–H and O–H groups in total. The van der Waals surface area contributed by atoms with Gasteiger partial charge in [-0.1, -0.05) is 13.0 Å². The fraction of sp³-hybridized carbons (Fsp3) is 0.429. The second kappa shape index (κ2) is 8.16. The van der Waals surface area contributed by atoms with Crippen molar-refractivity contribution in [2.45, 2.75) is 26.9 Å². The first kappa shape index (κ1) is 16.0. The maximum Gasteiger partial charge on any atom is 0.277 e. The van der Waals surface area contributed by atoms with Gasteiger partial charge in [-0.05, 0) is 31.0 Å². The third-order valence-corrected chi connectivity index (χ3v) is 2.65. The highest BCUT2D eigenvalue weighted by Crippen LogP contribution is 2.27. The fourth-order valence-corrected chi connectivity index (χ4v) is 1.34. The zero-order valence-electron chi connectivity index (χ0n) is 12.0. The van der Waals surface area contributed by atoms with Crippen molar-refractivity contribution < 1.29 is 19.4 Å². The van der Waals surface area contributed by atoms with Gasteiger partial charge < -0.3 is 14.6 Å². The number of nitrogens with one attached hydrogen (secondary N) is 1. The minimum atomic E-state index is -0.342. The summed E-state index contributed by atoms with van der Waals surface area (Å²) in [5.41, 5.74) is 3.95. The Morgan fingerprint density at radius 1 is 1.40 bits per heavy atom. The van der Waals surface area contributed by atoms with Crippen LogP contribution in [0.15, 0.2) is 23.3 Å². The highest BCUT2D eigenvalue weighted by molar-refractivity contribution is 5.84. The van der Waals surface area contributed by atoms with Crippen LogP contribution in [0.1, 0.15) is 25.8 Å². The van der Waals surface area contributed by atoms with Crippen molar-refractivity contribution >= 4 is 11.6 Å². The Morgan fingerprint density at radius 3 is 2.75 bits per heavy atom. The number of nitrogens with zero attached hydrogens (tertiary/aromatic N) is 1. The van der Waals surface area contributed by atoms with Gasteiger partial charge in [0.15, 0.2) is 18.1 Å². The largest absolute Gasteiger partial charge is 0.493 e. The van der Waals surface area contributed by atoms with E-state index in [9.17, 15) is 4.79 Å². The van der Waals surface area contributed by atoms with Crippen molar-refractivity contribution in [3.63, 3.8) is 0 Å². The van der Waals surface area contributed by atoms with E-state index in [4.69, 9.17) is 14.6 Å². The minimum Gasteiger partial charge on any atom is -0.493 e. The molecule has 1 aromatic rings. The van der Waals surface area contributed by atoms with Gasteiger partial charge in [0.2, 0.25) is 0 Å². The second-order valence-corrected chi connectivity index (χ2v) is 4.17. The Balaban J connectivity index is 2.59. The van der Waals surface area contributed by atoms with Crippen LogP contribution >= 0.6 is 0 Å². The maximum absolute atomic E-state index is 11.5. The molecule has 20 heavy (non-hydrogen) atoms. The van der Waals surface area contributed by atoms with E-state index in [0.717, 1.165) is 12.1 Å². The molecule has 0 saturated heterocycles. The van der Waals surface area contributed by atoms with Crippen molar-refractivity contribution in [2.75, 3.05) is 13.7 Å². The predicted octanol–water partition coefficient (Wildman–Crippen LogP) is 1.47. The number of ether oxygens (including phenoxy) is 2. The molecule has 0 bridgehead atoms. The summed E-state index contributed by atoms with van der Waals surface area (Å²) >= 11 is 0. The van der Waals surface area contributed by atoms with E-state index in [0.29, 0.717) is 17.1 Å². The average Bonchev–Trinajstić information content (AvgIpc) is 2.50. The number of carbonyl (C=O) groups is 1. The summed E-state index contributed by atoms with van der Waals surface area (Å²) in [5.74, 6) is 0.569. The van der Waals surface area contributed by atoms with E-state index in [2.05, 4.69) is 10.5 Å². The van der Waals surface area contributed by atoms with Crippen molar-refractivity contribution in [1.82, 2.24) is 5.43 Å². The third kappa shape index (κ3) is 4.89. The van der Waals surface area contributed by atoms with Gasteiger partial charge in [-0.25, -0.2) is 5.43 Å². The molecule has 6 heteroatoms. The molecular weight excluding hydrogens is 260 g/mol. The molecule has 0 atom stereocenters. The average molecular weight is 280 g/mol. The number of methoxy groups -OCH3 is 1. The standard InChI is InChI=1S/C14H20N2O4/c1-4-10(2)15-16-14(18)9-20-12-6-5-11(8-17)7-13(12)19-3/h5-7,17H,4,8-9H2,1-3H3,(H,16,18). The molecule has 0 spiro atoms. The molecule has 1 aromatic carbocycles. The summed E-state index contributed by atoms with van der Waals surface area (Å²) in [4.78, 5) is 11.5. The first-order valence-corrected chi connectivity index (χ1v) is 6.33. The molecule has 0 aliphatic rings. The lowest BCUT2D eigenvalue weighted by Gasteiger charge is -2.11. The number of amides is 1. The van der Waals surface area contributed by atoms with Gasteiger partial charge >= 0.3 is 0 Å². The molecule has 0 saturated carbocycles. The van der Waals surface area contributed by atoms with E-state index in [-0.39, 0.29) is 19.1 Å². The number of hydrogen-bond acceptors (Lipinski definition) is 5. The van der Waals surface area contributed by atoms with E-state index in [1.165, 1.54) is 7.11 Å². The van der Waals surface area contributed by atoms with Crippen molar-refractivity contribution in [1.29, 1.82) is 0 Å². The highest BCUT2D eigenvalue weighted by atomic mass is 16.5. The van der Waals surface area contributed by atoms with Gasteiger partial charge in [-0.2, -0.15) is 5.10 Å². The summed E-state index contributed by atoms with van der Waals surface area (Å²) in [7, 11) is 1.50. The Bertz CT molecular complexity index is 486. The normalized spacial score (nSPS) is 11.1. The zero-order valence-corrected chi connectivity index (χ0v) is 12.0. The Morgan fingerprint density at radius 2 is 2.15 bits per heavy atom. The summed E-state index contributed by atoms with van der Waals surface area (Å²) in [6.45, 7) is 3.55. The van der Waals surface area contributed by atoms with Crippen LogP contribution in [0.5, 0.6) is 11.5 Å². The van der Waals surface area contributed by atoms with Gasteiger partial charge in [-0.15, -0.1) is 0 Å². The van der Waals surface area contributed by atoms with Crippen LogP contribution < -0.4 is 14.9 Å².